The predicted octanol–water partition coefficient (Wildman–Crippen LogP) is 5.99. The highest BCUT2D eigenvalue weighted by Gasteiger charge is 2.58. The summed E-state index contributed by atoms with van der Waals surface area (Å²) in [7, 11) is 0. The van der Waals surface area contributed by atoms with Crippen molar-refractivity contribution >= 4 is 0 Å². The number of fused-ring (bicyclic) bond motifs is 5. The monoisotopic (exact) mass is 470 g/mol. The van der Waals surface area contributed by atoms with Gasteiger partial charge in [-0.1, -0.05) is 57.1 Å². The molecule has 0 heterocycles. The maximum absolute atomic E-state index is 11.1. The van der Waals surface area contributed by atoms with E-state index in [1.54, 1.807) is 6.26 Å². The van der Waals surface area contributed by atoms with Crippen LogP contribution >= 0.6 is 0 Å². The lowest BCUT2D eigenvalue weighted by atomic mass is 9.49. The maximum Gasteiger partial charge on any atom is 0.124 e. The zero-order valence-electron chi connectivity index (χ0n) is 22.1. The Balaban J connectivity index is 1.53. The Kier molecular flexibility index (Phi) is 6.76. The molecule has 6 atom stereocenters. The van der Waals surface area contributed by atoms with Crippen molar-refractivity contribution in [3.63, 3.8) is 0 Å². The van der Waals surface area contributed by atoms with E-state index in [0.29, 0.717) is 31.1 Å². The van der Waals surface area contributed by atoms with Crippen LogP contribution in [0.1, 0.15) is 92.9 Å². The fourth-order valence-corrected chi connectivity index (χ4v) is 7.66. The quantitative estimate of drug-likeness (QED) is 0.316. The third-order valence-electron chi connectivity index (χ3n) is 10.2. The molecule has 4 aliphatic rings. The van der Waals surface area contributed by atoms with Crippen molar-refractivity contribution in [2.45, 2.75) is 116 Å². The second kappa shape index (κ2) is 8.94. The molecule has 190 valence electrons. The second-order valence-corrected chi connectivity index (χ2v) is 12.3. The van der Waals surface area contributed by atoms with Crippen LogP contribution in [0.2, 0.25) is 0 Å². The van der Waals surface area contributed by atoms with Crippen molar-refractivity contribution in [1.29, 1.82) is 0 Å². The molecular formula is C30H46O4. The van der Waals surface area contributed by atoms with Gasteiger partial charge < -0.3 is 20.1 Å². The Morgan fingerprint density at radius 1 is 1.12 bits per heavy atom. The first-order chi connectivity index (χ1) is 15.9. The Morgan fingerprint density at radius 3 is 2.50 bits per heavy atom. The molecule has 4 aliphatic carbocycles. The lowest BCUT2D eigenvalue weighted by molar-refractivity contribution is -0.0508. The van der Waals surface area contributed by atoms with Crippen molar-refractivity contribution in [2.75, 3.05) is 0 Å². The van der Waals surface area contributed by atoms with Gasteiger partial charge in [-0.2, -0.15) is 0 Å². The topological polar surface area (TPSA) is 69.9 Å². The minimum absolute atomic E-state index is 0.0358. The zero-order valence-corrected chi connectivity index (χ0v) is 22.1. The molecule has 0 radical (unpaired) electrons. The number of aliphatic hydroxyl groups is 3. The van der Waals surface area contributed by atoms with Crippen LogP contribution in [0.5, 0.6) is 0 Å². The Morgan fingerprint density at radius 2 is 1.82 bits per heavy atom. The van der Waals surface area contributed by atoms with Crippen LogP contribution in [-0.2, 0) is 4.74 Å². The first-order valence-electron chi connectivity index (χ1n) is 13.4. The standard InChI is InChI=1S/C30H46O4/c1-7-30(33,8-2)15-9-17-34-27(3,4)25-13-12-23-22-11-10-20-18-21(31)19-26(32)29(20,6)24(22)14-16-28(23,25)5/h9-11,13,17,21,23-24,26,31-33H,7-8,12,14-16,18-19H2,1-6H3/b17-9+/t21-,23+,24+,26+,28+,29+/m1/s1. The van der Waals surface area contributed by atoms with E-state index in [1.807, 2.05) is 19.9 Å². The van der Waals surface area contributed by atoms with E-state index in [1.165, 1.54) is 16.7 Å². The lowest BCUT2D eigenvalue weighted by Crippen LogP contribution is -2.52. The Hall–Kier alpha value is -1.36. The molecule has 34 heavy (non-hydrogen) atoms. The molecular weight excluding hydrogens is 424 g/mol. The van der Waals surface area contributed by atoms with Gasteiger partial charge in [-0.3, -0.25) is 0 Å². The summed E-state index contributed by atoms with van der Waals surface area (Å²) in [5.41, 5.74) is 2.76. The van der Waals surface area contributed by atoms with Crippen molar-refractivity contribution < 1.29 is 20.1 Å². The molecule has 0 unspecified atom stereocenters. The van der Waals surface area contributed by atoms with Crippen molar-refractivity contribution in [2.24, 2.45) is 22.7 Å². The normalized spacial score (nSPS) is 38.0. The minimum atomic E-state index is -0.651. The molecule has 0 aromatic carbocycles. The van der Waals surface area contributed by atoms with Gasteiger partial charge in [-0.15, -0.1) is 0 Å². The smallest absolute Gasteiger partial charge is 0.124 e. The number of rotatable bonds is 7. The number of hydrogen-bond donors (Lipinski definition) is 3. The molecule has 0 aromatic heterocycles. The van der Waals surface area contributed by atoms with Crippen LogP contribution in [0.25, 0.3) is 0 Å². The van der Waals surface area contributed by atoms with Gasteiger partial charge in [0.25, 0.3) is 0 Å². The summed E-state index contributed by atoms with van der Waals surface area (Å²) in [6.07, 6.45) is 16.1. The van der Waals surface area contributed by atoms with Crippen LogP contribution in [0.15, 0.2) is 47.3 Å². The summed E-state index contributed by atoms with van der Waals surface area (Å²) in [6.45, 7) is 13.0. The first kappa shape index (κ1) is 25.7. The fraction of sp³-hybridized carbons (Fsp3) is 0.733. The Bertz CT molecular complexity index is 905. The average Bonchev–Trinajstić information content (AvgIpc) is 3.16. The molecule has 0 saturated heterocycles. The van der Waals surface area contributed by atoms with Gasteiger partial charge in [0.2, 0.25) is 0 Å². The van der Waals surface area contributed by atoms with Crippen LogP contribution < -0.4 is 0 Å². The maximum atomic E-state index is 11.1. The molecule has 4 rings (SSSR count). The third kappa shape index (κ3) is 4.04. The summed E-state index contributed by atoms with van der Waals surface area (Å²) in [5, 5.41) is 31.9. The van der Waals surface area contributed by atoms with Gasteiger partial charge in [0.15, 0.2) is 0 Å². The van der Waals surface area contributed by atoms with E-state index in [-0.39, 0.29) is 10.8 Å². The van der Waals surface area contributed by atoms with Gasteiger partial charge in [-0.25, -0.2) is 0 Å². The molecule has 2 saturated carbocycles. The average molecular weight is 471 g/mol. The summed E-state index contributed by atoms with van der Waals surface area (Å²) in [4.78, 5) is 0. The number of aliphatic hydroxyl groups excluding tert-OH is 2. The molecule has 0 aliphatic heterocycles. The molecule has 0 spiro atoms. The highest BCUT2D eigenvalue weighted by molar-refractivity contribution is 5.44. The molecule has 2 fully saturated rings. The van der Waals surface area contributed by atoms with Gasteiger partial charge >= 0.3 is 0 Å². The number of allylic oxidation sites excluding steroid dienone is 4. The molecule has 4 heteroatoms. The van der Waals surface area contributed by atoms with E-state index < -0.39 is 23.4 Å². The SMILES string of the molecule is CCC(O)(CC)C/C=C/OC(C)(C)C1=CC[C@H]2C3=CC=C4C[C@@H](O)C[C@H](O)[C@]4(C)[C@H]3CC[C@]12C. The van der Waals surface area contributed by atoms with Crippen molar-refractivity contribution in [3.8, 4) is 0 Å². The Labute approximate surface area is 206 Å². The van der Waals surface area contributed by atoms with Crippen LogP contribution in [0, 0.1) is 22.7 Å². The van der Waals surface area contributed by atoms with Gasteiger partial charge in [0, 0.05) is 11.8 Å². The van der Waals surface area contributed by atoms with E-state index in [2.05, 4.69) is 45.9 Å². The summed E-state index contributed by atoms with van der Waals surface area (Å²) in [6, 6.07) is 0. The highest BCUT2D eigenvalue weighted by atomic mass is 16.5. The first-order valence-corrected chi connectivity index (χ1v) is 13.4. The van der Waals surface area contributed by atoms with Gasteiger partial charge in [0.1, 0.15) is 5.60 Å². The molecule has 0 amide bonds. The van der Waals surface area contributed by atoms with Crippen LogP contribution in [0.3, 0.4) is 0 Å². The highest BCUT2D eigenvalue weighted by Crippen LogP contribution is 2.64. The molecule has 4 nitrogen and oxygen atoms in total. The van der Waals surface area contributed by atoms with E-state index >= 15 is 0 Å². The molecule has 0 aromatic rings. The molecule has 3 N–H and O–H groups in total. The number of ether oxygens (including phenoxy) is 1. The third-order valence-corrected chi connectivity index (χ3v) is 10.2. The zero-order chi connectivity index (χ0) is 24.9. The van der Waals surface area contributed by atoms with E-state index in [0.717, 1.165) is 32.1 Å². The van der Waals surface area contributed by atoms with Crippen molar-refractivity contribution in [1.82, 2.24) is 0 Å². The number of hydrogen-bond acceptors (Lipinski definition) is 4. The predicted molar refractivity (Wildman–Crippen MR) is 137 cm³/mol. The second-order valence-electron chi connectivity index (χ2n) is 12.3. The van der Waals surface area contributed by atoms with Gasteiger partial charge in [-0.05, 0) is 87.7 Å². The summed E-state index contributed by atoms with van der Waals surface area (Å²) < 4.78 is 6.32. The molecule has 0 bridgehead atoms. The lowest BCUT2D eigenvalue weighted by Gasteiger charge is -2.56. The largest absolute Gasteiger partial charge is 0.491 e. The van der Waals surface area contributed by atoms with Crippen molar-refractivity contribution in [3.05, 3.63) is 47.3 Å². The van der Waals surface area contributed by atoms with E-state index in [9.17, 15) is 15.3 Å². The minimum Gasteiger partial charge on any atom is -0.491 e. The fourth-order valence-electron chi connectivity index (χ4n) is 7.66. The van der Waals surface area contributed by atoms with Gasteiger partial charge in [0.05, 0.1) is 24.1 Å². The summed E-state index contributed by atoms with van der Waals surface area (Å²) in [5.74, 6) is 0.762. The summed E-state index contributed by atoms with van der Waals surface area (Å²) >= 11 is 0. The van der Waals surface area contributed by atoms with E-state index in [4.69, 9.17) is 4.74 Å². The van der Waals surface area contributed by atoms with Crippen LogP contribution in [-0.4, -0.2) is 38.7 Å². The van der Waals surface area contributed by atoms with Crippen LogP contribution in [0.4, 0.5) is 0 Å².